The number of hydrogen-bond acceptors (Lipinski definition) is 4. The largest absolute Gasteiger partial charge is 0.438 e. The molecule has 1 aromatic rings. The van der Waals surface area contributed by atoms with Crippen molar-refractivity contribution in [1.29, 1.82) is 0 Å². The zero-order valence-corrected chi connectivity index (χ0v) is 8.32. The van der Waals surface area contributed by atoms with Crippen molar-refractivity contribution in [2.24, 2.45) is 0 Å². The van der Waals surface area contributed by atoms with Gasteiger partial charge in [0, 0.05) is 13.2 Å². The first-order valence-electron chi connectivity index (χ1n) is 4.52. The third kappa shape index (κ3) is 1.42. The molecule has 0 amide bonds. The van der Waals surface area contributed by atoms with Crippen LogP contribution >= 0.6 is 0 Å². The normalized spacial score (nSPS) is 19.1. The second-order valence-corrected chi connectivity index (χ2v) is 3.80. The van der Waals surface area contributed by atoms with E-state index in [-0.39, 0.29) is 5.60 Å². The second-order valence-electron chi connectivity index (χ2n) is 3.80. The highest BCUT2D eigenvalue weighted by Crippen LogP contribution is 2.30. The number of nitrogens with zero attached hydrogens (tertiary/aromatic N) is 1. The number of carbonyl (C=O) groups is 1. The van der Waals surface area contributed by atoms with Crippen LogP contribution in [0.3, 0.4) is 0 Å². The number of methoxy groups -OCH3 is 1. The highest BCUT2D eigenvalue weighted by Gasteiger charge is 2.40. The summed E-state index contributed by atoms with van der Waals surface area (Å²) in [6, 6.07) is 3.48. The highest BCUT2D eigenvalue weighted by molar-refractivity contribution is 5.71. The van der Waals surface area contributed by atoms with E-state index in [1.165, 1.54) is 0 Å². The maximum absolute atomic E-state index is 10.4. The maximum Gasteiger partial charge on any atom is 0.196 e. The molecule has 1 aliphatic rings. The minimum Gasteiger partial charge on any atom is -0.438 e. The summed E-state index contributed by atoms with van der Waals surface area (Å²) < 4.78 is 10.6. The molecule has 76 valence electrons. The van der Waals surface area contributed by atoms with Crippen LogP contribution in [0, 0.1) is 0 Å². The lowest BCUT2D eigenvalue weighted by Gasteiger charge is -2.46. The van der Waals surface area contributed by atoms with Gasteiger partial charge in [0.15, 0.2) is 17.9 Å². The van der Waals surface area contributed by atoms with Gasteiger partial charge < -0.3 is 14.1 Å². The van der Waals surface area contributed by atoms with Crippen LogP contribution in [0.15, 0.2) is 16.5 Å². The van der Waals surface area contributed by atoms with Gasteiger partial charge in [-0.25, -0.2) is 0 Å². The molecule has 2 rings (SSSR count). The van der Waals surface area contributed by atoms with Gasteiger partial charge in [-0.2, -0.15) is 0 Å². The van der Waals surface area contributed by atoms with Gasteiger partial charge in [0.2, 0.25) is 0 Å². The minimum absolute atomic E-state index is 0.0753. The third-order valence-corrected chi connectivity index (χ3v) is 2.58. The number of hydrogen-bond donors (Lipinski definition) is 0. The Kier molecular flexibility index (Phi) is 2.07. The first-order valence-corrected chi connectivity index (χ1v) is 4.52. The molecule has 0 spiro atoms. The monoisotopic (exact) mass is 195 g/mol. The SMILES string of the molecule is COC1(C)CN(c2ccc(C=O)o2)C1. The molecule has 0 radical (unpaired) electrons. The molecule has 2 heterocycles. The summed E-state index contributed by atoms with van der Waals surface area (Å²) in [6.07, 6.45) is 0.707. The average Bonchev–Trinajstić information content (AvgIpc) is 2.61. The van der Waals surface area contributed by atoms with Gasteiger partial charge in [0.1, 0.15) is 5.60 Å². The number of furan rings is 1. The van der Waals surface area contributed by atoms with Crippen molar-refractivity contribution in [3.8, 4) is 0 Å². The summed E-state index contributed by atoms with van der Waals surface area (Å²) in [5, 5.41) is 0. The fourth-order valence-electron chi connectivity index (χ4n) is 1.62. The summed E-state index contributed by atoms with van der Waals surface area (Å²) in [4.78, 5) is 12.4. The summed E-state index contributed by atoms with van der Waals surface area (Å²) in [5.41, 5.74) is -0.0753. The lowest BCUT2D eigenvalue weighted by molar-refractivity contribution is -0.0186. The molecule has 14 heavy (non-hydrogen) atoms. The lowest BCUT2D eigenvalue weighted by atomic mass is 9.97. The van der Waals surface area contributed by atoms with Gasteiger partial charge in [-0.05, 0) is 13.0 Å². The van der Waals surface area contributed by atoms with E-state index in [2.05, 4.69) is 0 Å². The standard InChI is InChI=1S/C10H13NO3/c1-10(13-2)6-11(7-10)9-4-3-8(5-12)14-9/h3-5H,6-7H2,1-2H3. The predicted molar refractivity (Wildman–Crippen MR) is 51.7 cm³/mol. The van der Waals surface area contributed by atoms with Crippen molar-refractivity contribution in [3.63, 3.8) is 0 Å². The van der Waals surface area contributed by atoms with Crippen LogP contribution in [-0.4, -0.2) is 32.1 Å². The molecule has 1 fully saturated rings. The Morgan fingerprint density at radius 1 is 1.57 bits per heavy atom. The van der Waals surface area contributed by atoms with E-state index < -0.39 is 0 Å². The fraction of sp³-hybridized carbons (Fsp3) is 0.500. The molecule has 0 atom stereocenters. The molecule has 1 aromatic heterocycles. The third-order valence-electron chi connectivity index (χ3n) is 2.58. The fourth-order valence-corrected chi connectivity index (χ4v) is 1.62. The van der Waals surface area contributed by atoms with Crippen LogP contribution in [0.4, 0.5) is 5.88 Å². The van der Waals surface area contributed by atoms with Crippen molar-refractivity contribution in [1.82, 2.24) is 0 Å². The van der Waals surface area contributed by atoms with Crippen LogP contribution < -0.4 is 4.90 Å². The topological polar surface area (TPSA) is 42.7 Å². The van der Waals surface area contributed by atoms with Crippen molar-refractivity contribution in [2.75, 3.05) is 25.1 Å². The summed E-state index contributed by atoms with van der Waals surface area (Å²) in [7, 11) is 1.70. The zero-order valence-electron chi connectivity index (χ0n) is 8.32. The number of ether oxygens (including phenoxy) is 1. The molecule has 0 unspecified atom stereocenters. The Hall–Kier alpha value is -1.29. The van der Waals surface area contributed by atoms with E-state index in [0.29, 0.717) is 12.0 Å². The van der Waals surface area contributed by atoms with E-state index in [1.807, 2.05) is 11.8 Å². The smallest absolute Gasteiger partial charge is 0.196 e. The molecule has 0 bridgehead atoms. The van der Waals surface area contributed by atoms with Crippen LogP contribution in [0.1, 0.15) is 17.5 Å². The minimum atomic E-state index is -0.0753. The first-order chi connectivity index (χ1) is 6.67. The van der Waals surface area contributed by atoms with Gasteiger partial charge in [-0.15, -0.1) is 0 Å². The van der Waals surface area contributed by atoms with Crippen LogP contribution in [-0.2, 0) is 4.74 Å². The number of aldehydes is 1. The average molecular weight is 195 g/mol. The van der Waals surface area contributed by atoms with Crippen molar-refractivity contribution < 1.29 is 13.9 Å². The summed E-state index contributed by atoms with van der Waals surface area (Å²) in [6.45, 7) is 3.65. The first kappa shape index (κ1) is 9.27. The molecular weight excluding hydrogens is 182 g/mol. The molecule has 0 N–H and O–H groups in total. The highest BCUT2D eigenvalue weighted by atomic mass is 16.5. The molecule has 0 aromatic carbocycles. The molecule has 0 saturated carbocycles. The van der Waals surface area contributed by atoms with E-state index in [4.69, 9.17) is 9.15 Å². The van der Waals surface area contributed by atoms with Crippen LogP contribution in [0.5, 0.6) is 0 Å². The van der Waals surface area contributed by atoms with Crippen LogP contribution in [0.2, 0.25) is 0 Å². The molecule has 1 saturated heterocycles. The van der Waals surface area contributed by atoms with Crippen molar-refractivity contribution in [3.05, 3.63) is 17.9 Å². The Bertz CT molecular complexity index is 339. The Balaban J connectivity index is 2.02. The van der Waals surface area contributed by atoms with Crippen molar-refractivity contribution >= 4 is 12.2 Å². The van der Waals surface area contributed by atoms with Gasteiger partial charge >= 0.3 is 0 Å². The van der Waals surface area contributed by atoms with E-state index >= 15 is 0 Å². The van der Waals surface area contributed by atoms with Gasteiger partial charge in [-0.3, -0.25) is 4.79 Å². The molecule has 1 aliphatic heterocycles. The second kappa shape index (κ2) is 3.13. The predicted octanol–water partition coefficient (Wildman–Crippen LogP) is 1.32. The summed E-state index contributed by atoms with van der Waals surface area (Å²) >= 11 is 0. The number of rotatable bonds is 3. The molecule has 4 nitrogen and oxygen atoms in total. The van der Waals surface area contributed by atoms with Gasteiger partial charge in [0.05, 0.1) is 13.1 Å². The lowest BCUT2D eigenvalue weighted by Crippen LogP contribution is -2.61. The van der Waals surface area contributed by atoms with Gasteiger partial charge in [0.25, 0.3) is 0 Å². The Morgan fingerprint density at radius 3 is 2.79 bits per heavy atom. The molecular formula is C10H13NO3. The van der Waals surface area contributed by atoms with Gasteiger partial charge in [-0.1, -0.05) is 0 Å². The Labute approximate surface area is 82.4 Å². The number of carbonyl (C=O) groups excluding carboxylic acids is 1. The van der Waals surface area contributed by atoms with E-state index in [0.717, 1.165) is 19.0 Å². The van der Waals surface area contributed by atoms with E-state index in [1.54, 1.807) is 19.2 Å². The maximum atomic E-state index is 10.4. The Morgan fingerprint density at radius 2 is 2.29 bits per heavy atom. The van der Waals surface area contributed by atoms with Crippen LogP contribution in [0.25, 0.3) is 0 Å². The van der Waals surface area contributed by atoms with E-state index in [9.17, 15) is 4.79 Å². The molecule has 4 heteroatoms. The number of anilines is 1. The zero-order chi connectivity index (χ0) is 10.2. The molecule has 0 aliphatic carbocycles. The summed E-state index contributed by atoms with van der Waals surface area (Å²) in [5.74, 6) is 1.10. The quantitative estimate of drug-likeness (QED) is 0.682. The van der Waals surface area contributed by atoms with Crippen molar-refractivity contribution in [2.45, 2.75) is 12.5 Å².